The molecule has 1 aromatic carbocycles. The van der Waals surface area contributed by atoms with E-state index in [1.165, 1.54) is 31.2 Å². The monoisotopic (exact) mass is 450 g/mol. The zero-order valence-electron chi connectivity index (χ0n) is 18.6. The van der Waals surface area contributed by atoms with Gasteiger partial charge in [0.1, 0.15) is 12.4 Å². The van der Waals surface area contributed by atoms with Crippen molar-refractivity contribution in [3.8, 4) is 0 Å². The molecule has 0 saturated heterocycles. The first kappa shape index (κ1) is 25.6. The van der Waals surface area contributed by atoms with Crippen LogP contribution in [0.25, 0.3) is 0 Å². The van der Waals surface area contributed by atoms with E-state index in [2.05, 4.69) is 13.2 Å². The van der Waals surface area contributed by atoms with Crippen LogP contribution >= 0.6 is 0 Å². The maximum Gasteiger partial charge on any atom is 0.432 e. The molecular weight excluding hydrogens is 421 g/mol. The molecule has 0 saturated carbocycles. The van der Waals surface area contributed by atoms with Gasteiger partial charge in [-0.25, -0.2) is 4.79 Å². The van der Waals surface area contributed by atoms with Gasteiger partial charge in [-0.15, -0.1) is 6.58 Å². The lowest BCUT2D eigenvalue weighted by atomic mass is 9.64. The molecule has 7 heteroatoms. The minimum atomic E-state index is -5.04. The number of carbonyl (C=O) groups excluding carboxylic acids is 2. The molecule has 0 unspecified atom stereocenters. The quantitative estimate of drug-likeness (QED) is 0.210. The zero-order valence-corrected chi connectivity index (χ0v) is 18.6. The van der Waals surface area contributed by atoms with Gasteiger partial charge in [0.05, 0.1) is 0 Å². The number of benzene rings is 1. The summed E-state index contributed by atoms with van der Waals surface area (Å²) >= 11 is 0. The molecule has 0 fully saturated rings. The minimum absolute atomic E-state index is 0.152. The van der Waals surface area contributed by atoms with Gasteiger partial charge < -0.3 is 9.47 Å². The lowest BCUT2D eigenvalue weighted by Gasteiger charge is -2.41. The Morgan fingerprint density at radius 2 is 1.94 bits per heavy atom. The van der Waals surface area contributed by atoms with Crippen molar-refractivity contribution in [3.63, 3.8) is 0 Å². The fourth-order valence-corrected chi connectivity index (χ4v) is 4.43. The highest BCUT2D eigenvalue weighted by atomic mass is 19.4. The molecule has 0 N–H and O–H groups in total. The number of ether oxygens (including phenoxy) is 2. The van der Waals surface area contributed by atoms with Crippen molar-refractivity contribution in [3.05, 3.63) is 72.4 Å². The molecule has 0 heterocycles. The molecule has 0 aliphatic heterocycles. The Balaban J connectivity index is 2.32. The first-order valence-electron chi connectivity index (χ1n) is 10.3. The highest BCUT2D eigenvalue weighted by Crippen LogP contribution is 2.47. The lowest BCUT2D eigenvalue weighted by molar-refractivity contribution is -0.278. The number of alkyl halides is 3. The van der Waals surface area contributed by atoms with E-state index >= 15 is 0 Å². The molecule has 1 aromatic rings. The normalized spacial score (nSPS) is 23.9. The van der Waals surface area contributed by atoms with Crippen LogP contribution in [0.4, 0.5) is 13.2 Å². The van der Waals surface area contributed by atoms with E-state index in [4.69, 9.17) is 9.47 Å². The summed E-state index contributed by atoms with van der Waals surface area (Å²) in [6.07, 6.45) is 0.0418. The Bertz CT molecular complexity index is 890. The summed E-state index contributed by atoms with van der Waals surface area (Å²) in [5.74, 6) is -1.91. The Morgan fingerprint density at radius 3 is 2.44 bits per heavy atom. The van der Waals surface area contributed by atoms with E-state index in [-0.39, 0.29) is 17.9 Å². The molecule has 0 bridgehead atoms. The lowest BCUT2D eigenvalue weighted by Crippen LogP contribution is -2.52. The van der Waals surface area contributed by atoms with Crippen LogP contribution in [0, 0.1) is 11.3 Å². The second kappa shape index (κ2) is 9.86. The van der Waals surface area contributed by atoms with Gasteiger partial charge in [0, 0.05) is 25.0 Å². The molecule has 0 amide bonds. The first-order valence-corrected chi connectivity index (χ1v) is 10.3. The number of carbonyl (C=O) groups is 2. The predicted octanol–water partition coefficient (Wildman–Crippen LogP) is 5.70. The molecule has 0 spiro atoms. The highest BCUT2D eigenvalue weighted by Gasteiger charge is 2.64. The fourth-order valence-electron chi connectivity index (χ4n) is 4.43. The van der Waals surface area contributed by atoms with Gasteiger partial charge in [-0.1, -0.05) is 61.6 Å². The Labute approximate surface area is 186 Å². The SMILES string of the molecule is C=C[C@@]1(C)CCC=C(C[C@@H](C)OC(=O)[C@@](OC)(c2ccccc2)C(F)(F)F)[C@H]1C(=C)C=O. The summed E-state index contributed by atoms with van der Waals surface area (Å²) in [5.41, 5.74) is -2.91. The van der Waals surface area contributed by atoms with E-state index in [9.17, 15) is 22.8 Å². The van der Waals surface area contributed by atoms with Crippen molar-refractivity contribution in [2.24, 2.45) is 11.3 Å². The molecule has 174 valence electrons. The zero-order chi connectivity index (χ0) is 24.2. The van der Waals surface area contributed by atoms with Gasteiger partial charge in [-0.05, 0) is 30.8 Å². The minimum Gasteiger partial charge on any atom is -0.460 e. The van der Waals surface area contributed by atoms with Crippen molar-refractivity contribution >= 4 is 12.3 Å². The standard InChI is InChI=1S/C25H29F3O4/c1-6-23(4)14-10-11-19(21(23)17(2)16-29)15-18(3)32-22(30)24(31-5,25(26,27)28)20-12-8-7-9-13-20/h6-9,11-13,16,18,21H,1-2,10,14-15H2,3-5H3/t18-,21-,23+,24+/m1/s1. The average Bonchev–Trinajstić information content (AvgIpc) is 2.74. The number of aldehydes is 1. The van der Waals surface area contributed by atoms with Crippen LogP contribution in [-0.2, 0) is 24.7 Å². The topological polar surface area (TPSA) is 52.6 Å². The summed E-state index contributed by atoms with van der Waals surface area (Å²) in [4.78, 5) is 24.3. The number of hydrogen-bond acceptors (Lipinski definition) is 4. The molecule has 0 radical (unpaired) electrons. The molecule has 0 aromatic heterocycles. The largest absolute Gasteiger partial charge is 0.460 e. The molecule has 4 nitrogen and oxygen atoms in total. The molecule has 1 aliphatic rings. The van der Waals surface area contributed by atoms with Crippen LogP contribution in [0.15, 0.2) is 66.8 Å². The third-order valence-corrected chi connectivity index (χ3v) is 6.11. The van der Waals surface area contributed by atoms with Crippen molar-refractivity contribution in [1.82, 2.24) is 0 Å². The van der Waals surface area contributed by atoms with Gasteiger partial charge >= 0.3 is 12.1 Å². The molecular formula is C25H29F3O4. The third kappa shape index (κ3) is 4.72. The fraction of sp³-hybridized carbons (Fsp3) is 0.440. The maximum absolute atomic E-state index is 14.1. The average molecular weight is 450 g/mol. The molecule has 1 aliphatic carbocycles. The van der Waals surface area contributed by atoms with Gasteiger partial charge in [0.15, 0.2) is 0 Å². The van der Waals surface area contributed by atoms with E-state index in [1.54, 1.807) is 12.1 Å². The number of halogens is 3. The highest BCUT2D eigenvalue weighted by molar-refractivity contribution is 5.83. The smallest absolute Gasteiger partial charge is 0.432 e. The summed E-state index contributed by atoms with van der Waals surface area (Å²) < 4.78 is 52.3. The number of esters is 1. The van der Waals surface area contributed by atoms with Gasteiger partial charge in [-0.2, -0.15) is 13.2 Å². The predicted molar refractivity (Wildman–Crippen MR) is 116 cm³/mol. The van der Waals surface area contributed by atoms with Crippen molar-refractivity contribution in [1.29, 1.82) is 0 Å². The van der Waals surface area contributed by atoms with E-state index in [0.717, 1.165) is 19.1 Å². The molecule has 4 atom stereocenters. The van der Waals surface area contributed by atoms with Crippen LogP contribution in [-0.4, -0.2) is 31.6 Å². The molecule has 32 heavy (non-hydrogen) atoms. The second-order valence-electron chi connectivity index (χ2n) is 8.32. The summed E-state index contributed by atoms with van der Waals surface area (Å²) in [6.45, 7) is 11.2. The summed E-state index contributed by atoms with van der Waals surface area (Å²) in [7, 11) is 0.829. The van der Waals surface area contributed by atoms with E-state index < -0.39 is 29.3 Å². The molecule has 2 rings (SSSR count). The summed E-state index contributed by atoms with van der Waals surface area (Å²) in [5, 5.41) is 0. The van der Waals surface area contributed by atoms with Crippen LogP contribution in [0.3, 0.4) is 0 Å². The number of allylic oxidation sites excluding steroid dienone is 3. The third-order valence-electron chi connectivity index (χ3n) is 6.11. The second-order valence-corrected chi connectivity index (χ2v) is 8.32. The van der Waals surface area contributed by atoms with Crippen LogP contribution < -0.4 is 0 Å². The van der Waals surface area contributed by atoms with Crippen LogP contribution in [0.1, 0.15) is 38.7 Å². The summed E-state index contributed by atoms with van der Waals surface area (Å²) in [6, 6.07) is 6.67. The Kier molecular flexibility index (Phi) is 7.88. The van der Waals surface area contributed by atoms with Gasteiger partial charge in [0.25, 0.3) is 5.60 Å². The van der Waals surface area contributed by atoms with E-state index in [0.29, 0.717) is 18.3 Å². The van der Waals surface area contributed by atoms with Gasteiger partial charge in [-0.3, -0.25) is 4.79 Å². The van der Waals surface area contributed by atoms with Gasteiger partial charge in [0.2, 0.25) is 0 Å². The maximum atomic E-state index is 14.1. The number of methoxy groups -OCH3 is 1. The Hall–Kier alpha value is -2.67. The Morgan fingerprint density at radius 1 is 1.31 bits per heavy atom. The van der Waals surface area contributed by atoms with Crippen molar-refractivity contribution in [2.45, 2.75) is 51.0 Å². The first-order chi connectivity index (χ1) is 15.0. The van der Waals surface area contributed by atoms with Crippen LogP contribution in [0.2, 0.25) is 0 Å². The van der Waals surface area contributed by atoms with Crippen molar-refractivity contribution < 1.29 is 32.2 Å². The van der Waals surface area contributed by atoms with E-state index in [1.807, 2.05) is 13.0 Å². The number of hydrogen-bond donors (Lipinski definition) is 0. The van der Waals surface area contributed by atoms with Crippen LogP contribution in [0.5, 0.6) is 0 Å². The van der Waals surface area contributed by atoms with Crippen molar-refractivity contribution in [2.75, 3.05) is 7.11 Å². The number of rotatable bonds is 9.